The van der Waals surface area contributed by atoms with Crippen molar-refractivity contribution in [3.05, 3.63) is 77.1 Å². The third-order valence-electron chi connectivity index (χ3n) is 5.37. The Morgan fingerprint density at radius 1 is 1.14 bits per heavy atom. The first-order valence-corrected chi connectivity index (χ1v) is 11.7. The van der Waals surface area contributed by atoms with Crippen LogP contribution in [-0.4, -0.2) is 43.0 Å². The largest absolute Gasteiger partial charge is 0.497 e. The predicted molar refractivity (Wildman–Crippen MR) is 133 cm³/mol. The number of aromatic nitrogens is 5. The molecule has 0 saturated heterocycles. The fourth-order valence-corrected chi connectivity index (χ4v) is 4.47. The molecule has 0 aliphatic rings. The minimum atomic E-state index is -0.478. The summed E-state index contributed by atoms with van der Waals surface area (Å²) in [7, 11) is 1.61. The fraction of sp³-hybridized carbons (Fsp3) is 0.167. The number of hydrogen-bond donors (Lipinski definition) is 3. The highest BCUT2D eigenvalue weighted by molar-refractivity contribution is 8.00. The number of nitrogens with zero attached hydrogens (tertiary/aromatic N) is 3. The lowest BCUT2D eigenvalue weighted by atomic mass is 10.2. The van der Waals surface area contributed by atoms with E-state index in [1.165, 1.54) is 11.8 Å². The number of furan rings is 1. The Morgan fingerprint density at radius 3 is 2.80 bits per heavy atom. The normalized spacial score (nSPS) is 12.1. The summed E-state index contributed by atoms with van der Waals surface area (Å²) >= 11 is 1.29. The Morgan fingerprint density at radius 2 is 2.00 bits per heavy atom. The number of carbonyl (C=O) groups excluding carboxylic acids is 1. The molecule has 1 atom stereocenters. The van der Waals surface area contributed by atoms with Gasteiger partial charge in [0.1, 0.15) is 11.5 Å². The molecule has 0 bridgehead atoms. The van der Waals surface area contributed by atoms with E-state index in [1.54, 1.807) is 38.5 Å². The van der Waals surface area contributed by atoms with Gasteiger partial charge in [-0.15, -0.1) is 10.2 Å². The van der Waals surface area contributed by atoms with Crippen molar-refractivity contribution < 1.29 is 13.9 Å². The van der Waals surface area contributed by atoms with Crippen LogP contribution in [0.15, 0.2) is 75.2 Å². The van der Waals surface area contributed by atoms with E-state index in [-0.39, 0.29) is 11.6 Å². The number of nitrogens with one attached hydrogen (secondary N) is 3. The molecular weight excluding hydrogens is 468 g/mol. The van der Waals surface area contributed by atoms with E-state index in [0.717, 1.165) is 11.3 Å². The van der Waals surface area contributed by atoms with Gasteiger partial charge in [-0.05, 0) is 49.4 Å². The molecule has 5 aromatic rings. The number of fused-ring (bicyclic) bond motifs is 1. The van der Waals surface area contributed by atoms with E-state index in [0.29, 0.717) is 40.0 Å². The number of aromatic amines is 2. The summed E-state index contributed by atoms with van der Waals surface area (Å²) in [4.78, 5) is 29.8. The van der Waals surface area contributed by atoms with Gasteiger partial charge in [0.2, 0.25) is 5.91 Å². The van der Waals surface area contributed by atoms with Crippen LogP contribution in [0.25, 0.3) is 22.4 Å². The Labute approximate surface area is 203 Å². The van der Waals surface area contributed by atoms with E-state index < -0.39 is 5.25 Å². The first-order chi connectivity index (χ1) is 17.0. The second-order valence-electron chi connectivity index (χ2n) is 7.79. The number of rotatable bonds is 8. The lowest BCUT2D eigenvalue weighted by Gasteiger charge is -2.13. The number of amides is 1. The zero-order chi connectivity index (χ0) is 24.4. The maximum Gasteiger partial charge on any atom is 0.323 e. The Hall–Kier alpha value is -4.25. The molecule has 10 nitrogen and oxygen atoms in total. The van der Waals surface area contributed by atoms with Gasteiger partial charge in [0.15, 0.2) is 11.0 Å². The number of thioether (sulfide) groups is 1. The molecule has 2 aromatic carbocycles. The third kappa shape index (κ3) is 4.85. The highest BCUT2D eigenvalue weighted by atomic mass is 32.2. The summed E-state index contributed by atoms with van der Waals surface area (Å²) in [6.45, 7) is 2.20. The molecule has 11 heteroatoms. The number of ether oxygens (including phenoxy) is 1. The summed E-state index contributed by atoms with van der Waals surface area (Å²) < 4.78 is 12.8. The lowest BCUT2D eigenvalue weighted by Crippen LogP contribution is -2.23. The number of hydrogen-bond acceptors (Lipinski definition) is 7. The lowest BCUT2D eigenvalue weighted by molar-refractivity contribution is -0.115. The van der Waals surface area contributed by atoms with Crippen LogP contribution in [0.4, 0.5) is 5.69 Å². The van der Waals surface area contributed by atoms with Crippen LogP contribution in [0.3, 0.4) is 0 Å². The minimum absolute atomic E-state index is 0.206. The third-order valence-corrected chi connectivity index (χ3v) is 6.45. The van der Waals surface area contributed by atoms with Crippen molar-refractivity contribution in [1.29, 1.82) is 0 Å². The first kappa shape index (κ1) is 22.5. The molecule has 3 aromatic heterocycles. The molecule has 0 radical (unpaired) electrons. The van der Waals surface area contributed by atoms with Crippen molar-refractivity contribution in [2.45, 2.75) is 23.9 Å². The maximum atomic E-state index is 12.9. The average Bonchev–Trinajstić information content (AvgIpc) is 3.59. The molecule has 0 aliphatic heterocycles. The molecule has 35 heavy (non-hydrogen) atoms. The Kier molecular flexibility index (Phi) is 6.15. The molecule has 0 saturated carbocycles. The second kappa shape index (κ2) is 9.55. The molecule has 1 unspecified atom stereocenters. The van der Waals surface area contributed by atoms with Gasteiger partial charge in [-0.25, -0.2) is 4.79 Å². The van der Waals surface area contributed by atoms with E-state index in [2.05, 4.69) is 25.5 Å². The van der Waals surface area contributed by atoms with E-state index in [4.69, 9.17) is 9.15 Å². The number of anilines is 1. The van der Waals surface area contributed by atoms with Gasteiger partial charge >= 0.3 is 5.69 Å². The second-order valence-corrected chi connectivity index (χ2v) is 9.10. The molecule has 3 heterocycles. The van der Waals surface area contributed by atoms with Gasteiger partial charge < -0.3 is 24.4 Å². The Bertz CT molecular complexity index is 1540. The van der Waals surface area contributed by atoms with E-state index in [1.807, 2.05) is 41.0 Å². The fourth-order valence-electron chi connectivity index (χ4n) is 3.62. The molecule has 0 fully saturated rings. The zero-order valence-electron chi connectivity index (χ0n) is 18.9. The Balaban J connectivity index is 1.39. The number of methoxy groups -OCH3 is 1. The molecule has 178 valence electrons. The van der Waals surface area contributed by atoms with Gasteiger partial charge in [-0.3, -0.25) is 9.36 Å². The topological polar surface area (TPSA) is 131 Å². The van der Waals surface area contributed by atoms with Crippen LogP contribution < -0.4 is 15.7 Å². The van der Waals surface area contributed by atoms with Gasteiger partial charge in [0, 0.05) is 11.3 Å². The van der Waals surface area contributed by atoms with E-state index >= 15 is 0 Å². The number of benzene rings is 2. The average molecular weight is 491 g/mol. The van der Waals surface area contributed by atoms with Crippen LogP contribution in [0.1, 0.15) is 12.7 Å². The molecule has 1 amide bonds. The van der Waals surface area contributed by atoms with Crippen LogP contribution in [0.2, 0.25) is 0 Å². The molecule has 5 rings (SSSR count). The van der Waals surface area contributed by atoms with Crippen molar-refractivity contribution in [2.24, 2.45) is 0 Å². The predicted octanol–water partition coefficient (Wildman–Crippen LogP) is 3.88. The standard InChI is InChI=1S/C24H22N6O4S/c1-14(22(31)25-16-8-9-19-20(12-16)27-23(32)26-19)35-24-29-28-21(15-5-3-6-17(11-15)33-2)30(24)13-18-7-4-10-34-18/h3-12,14H,13H2,1-2H3,(H,25,31)(H2,26,27,32). The molecule has 0 aliphatic carbocycles. The van der Waals surface area contributed by atoms with Gasteiger partial charge in [0.25, 0.3) is 0 Å². The number of carbonyl (C=O) groups is 1. The van der Waals surface area contributed by atoms with Crippen molar-refractivity contribution >= 4 is 34.4 Å². The summed E-state index contributed by atoms with van der Waals surface area (Å²) in [5.41, 5.74) is 2.41. The first-order valence-electron chi connectivity index (χ1n) is 10.8. The summed E-state index contributed by atoms with van der Waals surface area (Å²) in [6, 6.07) is 16.4. The summed E-state index contributed by atoms with van der Waals surface area (Å²) in [6.07, 6.45) is 1.61. The molecule has 0 spiro atoms. The highest BCUT2D eigenvalue weighted by Gasteiger charge is 2.22. The quantitative estimate of drug-likeness (QED) is 0.281. The van der Waals surface area contributed by atoms with E-state index in [9.17, 15) is 9.59 Å². The summed E-state index contributed by atoms with van der Waals surface area (Å²) in [5.74, 6) is 1.87. The smallest absolute Gasteiger partial charge is 0.323 e. The zero-order valence-corrected chi connectivity index (χ0v) is 19.8. The minimum Gasteiger partial charge on any atom is -0.497 e. The van der Waals surface area contributed by atoms with Gasteiger partial charge in [0.05, 0.1) is 36.2 Å². The number of H-pyrrole nitrogens is 2. The molecular formula is C24H22N6O4S. The monoisotopic (exact) mass is 490 g/mol. The highest BCUT2D eigenvalue weighted by Crippen LogP contribution is 2.30. The number of imidazole rings is 1. The van der Waals surface area contributed by atoms with Crippen LogP contribution >= 0.6 is 11.8 Å². The van der Waals surface area contributed by atoms with Crippen LogP contribution in [0, 0.1) is 0 Å². The molecule has 3 N–H and O–H groups in total. The SMILES string of the molecule is COc1cccc(-c2nnc(SC(C)C(=O)Nc3ccc4[nH]c(=O)[nH]c4c3)n2Cc2ccco2)c1. The van der Waals surface area contributed by atoms with Crippen molar-refractivity contribution in [2.75, 3.05) is 12.4 Å². The summed E-state index contributed by atoms with van der Waals surface area (Å²) in [5, 5.41) is 11.8. The van der Waals surface area contributed by atoms with Gasteiger partial charge in [-0.2, -0.15) is 0 Å². The van der Waals surface area contributed by atoms with Crippen LogP contribution in [-0.2, 0) is 11.3 Å². The maximum absolute atomic E-state index is 12.9. The van der Waals surface area contributed by atoms with Crippen molar-refractivity contribution in [1.82, 2.24) is 24.7 Å². The van der Waals surface area contributed by atoms with Gasteiger partial charge in [-0.1, -0.05) is 23.9 Å². The van der Waals surface area contributed by atoms with Crippen LogP contribution in [0.5, 0.6) is 5.75 Å². The van der Waals surface area contributed by atoms with Crippen molar-refractivity contribution in [3.63, 3.8) is 0 Å². The van der Waals surface area contributed by atoms with Crippen molar-refractivity contribution in [3.8, 4) is 17.1 Å².